The molecule has 4 nitrogen and oxygen atoms in total. The van der Waals surface area contributed by atoms with Crippen molar-refractivity contribution in [2.75, 3.05) is 20.8 Å². The summed E-state index contributed by atoms with van der Waals surface area (Å²) >= 11 is 0. The molecule has 0 spiro atoms. The van der Waals surface area contributed by atoms with E-state index in [4.69, 9.17) is 9.47 Å². The van der Waals surface area contributed by atoms with E-state index in [9.17, 15) is 9.18 Å². The molecule has 0 unspecified atom stereocenters. The fraction of sp³-hybridized carbons (Fsp3) is 0.235. The Bertz CT molecular complexity index is 641. The molecule has 2 rings (SSSR count). The Balaban J connectivity index is 1.93. The van der Waals surface area contributed by atoms with E-state index in [-0.39, 0.29) is 18.1 Å². The molecule has 0 saturated heterocycles. The van der Waals surface area contributed by atoms with E-state index in [1.165, 1.54) is 24.3 Å². The quantitative estimate of drug-likeness (QED) is 0.799. The number of ketones is 1. The SMILES string of the molecule is COc1ccc(CNCC(=O)c2ccc(F)cc2)c(OC)c1. The van der Waals surface area contributed by atoms with Gasteiger partial charge in [-0.25, -0.2) is 4.39 Å². The van der Waals surface area contributed by atoms with Crippen LogP contribution < -0.4 is 14.8 Å². The first-order chi connectivity index (χ1) is 10.6. The van der Waals surface area contributed by atoms with Crippen LogP contribution >= 0.6 is 0 Å². The lowest BCUT2D eigenvalue weighted by atomic mass is 10.1. The van der Waals surface area contributed by atoms with Crippen molar-refractivity contribution in [3.8, 4) is 11.5 Å². The van der Waals surface area contributed by atoms with E-state index in [0.29, 0.717) is 23.6 Å². The number of carbonyl (C=O) groups is 1. The average Bonchev–Trinajstić information content (AvgIpc) is 2.55. The Labute approximate surface area is 128 Å². The van der Waals surface area contributed by atoms with Crippen LogP contribution in [0, 0.1) is 5.82 Å². The van der Waals surface area contributed by atoms with Gasteiger partial charge in [0, 0.05) is 23.7 Å². The molecule has 0 aromatic heterocycles. The number of Topliss-reactive ketones (excluding diaryl/α,β-unsaturated/α-hetero) is 1. The van der Waals surface area contributed by atoms with E-state index < -0.39 is 0 Å². The van der Waals surface area contributed by atoms with Gasteiger partial charge in [0.15, 0.2) is 5.78 Å². The van der Waals surface area contributed by atoms with Gasteiger partial charge in [0.2, 0.25) is 0 Å². The Kier molecular flexibility index (Phi) is 5.49. The van der Waals surface area contributed by atoms with E-state index in [1.807, 2.05) is 12.1 Å². The van der Waals surface area contributed by atoms with Crippen LogP contribution in [0.2, 0.25) is 0 Å². The van der Waals surface area contributed by atoms with E-state index >= 15 is 0 Å². The molecule has 2 aromatic carbocycles. The molecule has 0 bridgehead atoms. The Morgan fingerprint density at radius 1 is 1.09 bits per heavy atom. The second kappa shape index (κ2) is 7.56. The highest BCUT2D eigenvalue weighted by Gasteiger charge is 2.08. The lowest BCUT2D eigenvalue weighted by molar-refractivity contribution is 0.0990. The zero-order valence-corrected chi connectivity index (χ0v) is 12.6. The third-order valence-electron chi connectivity index (χ3n) is 3.26. The van der Waals surface area contributed by atoms with Crippen LogP contribution in [-0.2, 0) is 6.54 Å². The summed E-state index contributed by atoms with van der Waals surface area (Å²) in [6, 6.07) is 11.0. The Morgan fingerprint density at radius 3 is 2.45 bits per heavy atom. The molecule has 0 saturated carbocycles. The maximum Gasteiger partial charge on any atom is 0.176 e. The first-order valence-electron chi connectivity index (χ1n) is 6.84. The van der Waals surface area contributed by atoms with Crippen molar-refractivity contribution >= 4 is 5.78 Å². The average molecular weight is 303 g/mol. The largest absolute Gasteiger partial charge is 0.497 e. The summed E-state index contributed by atoms with van der Waals surface area (Å²) in [5, 5.41) is 3.06. The topological polar surface area (TPSA) is 47.6 Å². The molecule has 0 heterocycles. The monoisotopic (exact) mass is 303 g/mol. The van der Waals surface area contributed by atoms with Gasteiger partial charge >= 0.3 is 0 Å². The molecule has 1 N–H and O–H groups in total. The predicted molar refractivity (Wildman–Crippen MR) is 82.0 cm³/mol. The lowest BCUT2D eigenvalue weighted by Crippen LogP contribution is -2.22. The summed E-state index contributed by atoms with van der Waals surface area (Å²) < 4.78 is 23.3. The van der Waals surface area contributed by atoms with Crippen molar-refractivity contribution in [3.63, 3.8) is 0 Å². The van der Waals surface area contributed by atoms with Crippen LogP contribution in [-0.4, -0.2) is 26.5 Å². The second-order valence-corrected chi connectivity index (χ2v) is 4.71. The van der Waals surface area contributed by atoms with Gasteiger partial charge in [-0.3, -0.25) is 4.79 Å². The number of benzene rings is 2. The standard InChI is InChI=1S/C17H18FNO3/c1-21-15-8-5-13(17(9-15)22-2)10-19-11-16(20)12-3-6-14(18)7-4-12/h3-9,19H,10-11H2,1-2H3. The number of ether oxygens (including phenoxy) is 2. The highest BCUT2D eigenvalue weighted by atomic mass is 19.1. The van der Waals surface area contributed by atoms with Gasteiger partial charge in [0.25, 0.3) is 0 Å². The highest BCUT2D eigenvalue weighted by molar-refractivity contribution is 5.97. The smallest absolute Gasteiger partial charge is 0.176 e. The van der Waals surface area contributed by atoms with E-state index in [1.54, 1.807) is 20.3 Å². The number of hydrogen-bond donors (Lipinski definition) is 1. The number of hydrogen-bond acceptors (Lipinski definition) is 4. The van der Waals surface area contributed by atoms with Crippen LogP contribution in [0.5, 0.6) is 11.5 Å². The van der Waals surface area contributed by atoms with Gasteiger partial charge in [-0.2, -0.15) is 0 Å². The number of halogens is 1. The summed E-state index contributed by atoms with van der Waals surface area (Å²) in [6.45, 7) is 0.654. The molecule has 5 heteroatoms. The summed E-state index contributed by atoms with van der Waals surface area (Å²) in [4.78, 5) is 12.0. The van der Waals surface area contributed by atoms with E-state index in [2.05, 4.69) is 5.32 Å². The first-order valence-corrected chi connectivity index (χ1v) is 6.84. The highest BCUT2D eigenvalue weighted by Crippen LogP contribution is 2.24. The summed E-state index contributed by atoms with van der Waals surface area (Å²) in [5.74, 6) is 0.962. The molecule has 22 heavy (non-hydrogen) atoms. The summed E-state index contributed by atoms with van der Waals surface area (Å²) in [5.41, 5.74) is 1.41. The summed E-state index contributed by atoms with van der Waals surface area (Å²) in [7, 11) is 3.18. The van der Waals surface area contributed by atoms with Crippen LogP contribution in [0.3, 0.4) is 0 Å². The van der Waals surface area contributed by atoms with Crippen LogP contribution in [0.1, 0.15) is 15.9 Å². The molecular weight excluding hydrogens is 285 g/mol. The van der Waals surface area contributed by atoms with Crippen molar-refractivity contribution in [1.82, 2.24) is 5.32 Å². The molecule has 2 aromatic rings. The molecule has 0 atom stereocenters. The fourth-order valence-electron chi connectivity index (χ4n) is 2.05. The maximum absolute atomic E-state index is 12.8. The number of nitrogens with one attached hydrogen (secondary N) is 1. The minimum absolute atomic E-state index is 0.0903. The molecule has 0 amide bonds. The molecule has 0 aliphatic rings. The van der Waals surface area contributed by atoms with Gasteiger partial charge in [-0.15, -0.1) is 0 Å². The number of methoxy groups -OCH3 is 2. The molecule has 0 fully saturated rings. The second-order valence-electron chi connectivity index (χ2n) is 4.71. The van der Waals surface area contributed by atoms with Crippen LogP contribution in [0.15, 0.2) is 42.5 Å². The van der Waals surface area contributed by atoms with Gasteiger partial charge in [-0.1, -0.05) is 6.07 Å². The normalized spacial score (nSPS) is 10.3. The first kappa shape index (κ1) is 16.0. The zero-order valence-electron chi connectivity index (χ0n) is 12.6. The molecule has 0 aliphatic carbocycles. The number of rotatable bonds is 7. The van der Waals surface area contributed by atoms with Crippen LogP contribution in [0.4, 0.5) is 4.39 Å². The minimum Gasteiger partial charge on any atom is -0.497 e. The third-order valence-corrected chi connectivity index (χ3v) is 3.26. The van der Waals surface area contributed by atoms with Gasteiger partial charge in [0.1, 0.15) is 17.3 Å². The minimum atomic E-state index is -0.354. The van der Waals surface area contributed by atoms with Crippen molar-refractivity contribution in [1.29, 1.82) is 0 Å². The van der Waals surface area contributed by atoms with E-state index in [0.717, 1.165) is 5.56 Å². The van der Waals surface area contributed by atoms with Gasteiger partial charge in [0.05, 0.1) is 20.8 Å². The molecular formula is C17H18FNO3. The van der Waals surface area contributed by atoms with Crippen molar-refractivity contribution in [2.24, 2.45) is 0 Å². The third kappa shape index (κ3) is 4.05. The summed E-state index contributed by atoms with van der Waals surface area (Å²) in [6.07, 6.45) is 0. The van der Waals surface area contributed by atoms with Crippen LogP contribution in [0.25, 0.3) is 0 Å². The lowest BCUT2D eigenvalue weighted by Gasteiger charge is -2.11. The Morgan fingerprint density at radius 2 is 1.82 bits per heavy atom. The molecule has 116 valence electrons. The molecule has 0 aliphatic heterocycles. The maximum atomic E-state index is 12.8. The Hall–Kier alpha value is -2.40. The van der Waals surface area contributed by atoms with Crippen molar-refractivity contribution in [3.05, 3.63) is 59.4 Å². The molecule has 0 radical (unpaired) electrons. The van der Waals surface area contributed by atoms with Gasteiger partial charge in [-0.05, 0) is 30.3 Å². The fourth-order valence-corrected chi connectivity index (χ4v) is 2.05. The van der Waals surface area contributed by atoms with Crippen molar-refractivity contribution in [2.45, 2.75) is 6.54 Å². The predicted octanol–water partition coefficient (Wildman–Crippen LogP) is 2.82. The van der Waals surface area contributed by atoms with Gasteiger partial charge < -0.3 is 14.8 Å². The zero-order chi connectivity index (χ0) is 15.9. The number of carbonyl (C=O) groups excluding carboxylic acids is 1. The van der Waals surface area contributed by atoms with Crippen molar-refractivity contribution < 1.29 is 18.7 Å².